The summed E-state index contributed by atoms with van der Waals surface area (Å²) in [5.74, 6) is 0. The summed E-state index contributed by atoms with van der Waals surface area (Å²) in [4.78, 5) is 0. The molecular formula is C10H23NO3. The monoisotopic (exact) mass is 205 g/mol. The zero-order valence-electron chi connectivity index (χ0n) is 9.42. The van der Waals surface area contributed by atoms with Crippen LogP contribution >= 0.6 is 0 Å². The van der Waals surface area contributed by atoms with Crippen molar-refractivity contribution in [1.82, 2.24) is 5.32 Å². The first-order valence-electron chi connectivity index (χ1n) is 5.11. The largest absolute Gasteiger partial charge is 0.396 e. The summed E-state index contributed by atoms with van der Waals surface area (Å²) in [5, 5.41) is 21.7. The number of methoxy groups -OCH3 is 1. The number of hydrogen-bond acceptors (Lipinski definition) is 4. The van der Waals surface area contributed by atoms with Crippen LogP contribution in [0.15, 0.2) is 0 Å². The lowest BCUT2D eigenvalue weighted by Crippen LogP contribution is -2.44. The average Bonchev–Trinajstić information content (AvgIpc) is 2.15. The molecule has 0 fully saturated rings. The van der Waals surface area contributed by atoms with Gasteiger partial charge in [-0.1, -0.05) is 6.92 Å². The summed E-state index contributed by atoms with van der Waals surface area (Å²) in [6.45, 7) is 4.95. The van der Waals surface area contributed by atoms with E-state index in [4.69, 9.17) is 9.84 Å². The summed E-state index contributed by atoms with van der Waals surface area (Å²) in [5.41, 5.74) is -0.679. The van der Waals surface area contributed by atoms with Gasteiger partial charge in [-0.3, -0.25) is 0 Å². The second-order valence-electron chi connectivity index (χ2n) is 3.90. The summed E-state index contributed by atoms with van der Waals surface area (Å²) in [6, 6.07) is 0.114. The Morgan fingerprint density at radius 2 is 2.14 bits per heavy atom. The fourth-order valence-corrected chi connectivity index (χ4v) is 1.09. The lowest BCUT2D eigenvalue weighted by Gasteiger charge is -2.25. The Morgan fingerprint density at radius 3 is 2.57 bits per heavy atom. The molecule has 0 aromatic heterocycles. The molecule has 0 aromatic carbocycles. The van der Waals surface area contributed by atoms with Crippen molar-refractivity contribution < 1.29 is 14.9 Å². The topological polar surface area (TPSA) is 61.7 Å². The minimum absolute atomic E-state index is 0.114. The molecule has 0 radical (unpaired) electrons. The molecule has 0 spiro atoms. The van der Waals surface area contributed by atoms with Crippen LogP contribution in [0, 0.1) is 0 Å². The molecule has 0 amide bonds. The van der Waals surface area contributed by atoms with E-state index in [0.717, 1.165) is 0 Å². The molecule has 3 N–H and O–H groups in total. The van der Waals surface area contributed by atoms with Gasteiger partial charge in [-0.2, -0.15) is 0 Å². The third-order valence-corrected chi connectivity index (χ3v) is 2.38. The van der Waals surface area contributed by atoms with E-state index in [9.17, 15) is 5.11 Å². The van der Waals surface area contributed by atoms with Gasteiger partial charge in [0.1, 0.15) is 0 Å². The first-order chi connectivity index (χ1) is 6.55. The molecule has 2 unspecified atom stereocenters. The van der Waals surface area contributed by atoms with Gasteiger partial charge < -0.3 is 20.3 Å². The molecule has 4 heteroatoms. The molecule has 0 aliphatic heterocycles. The minimum Gasteiger partial charge on any atom is -0.396 e. The van der Waals surface area contributed by atoms with Crippen molar-refractivity contribution in [1.29, 1.82) is 0 Å². The predicted octanol–water partition coefficient (Wildman–Crippen LogP) is 0.134. The van der Waals surface area contributed by atoms with E-state index in [-0.39, 0.29) is 12.6 Å². The zero-order chi connectivity index (χ0) is 11.0. The molecular weight excluding hydrogens is 182 g/mol. The minimum atomic E-state index is -0.679. The summed E-state index contributed by atoms with van der Waals surface area (Å²) in [7, 11) is 1.63. The Bertz CT molecular complexity index is 133. The number of nitrogens with one attached hydrogen (secondary N) is 1. The highest BCUT2D eigenvalue weighted by Gasteiger charge is 2.19. The molecule has 0 aromatic rings. The standard InChI is InChI=1S/C10H23NO3/c1-4-10(2,13)8-11-9(5-6-12)7-14-3/h9,11-13H,4-8H2,1-3H3. The Morgan fingerprint density at radius 1 is 1.50 bits per heavy atom. The maximum atomic E-state index is 9.74. The van der Waals surface area contributed by atoms with Gasteiger partial charge in [0, 0.05) is 26.3 Å². The Labute approximate surface area is 86.3 Å². The molecule has 0 aliphatic rings. The van der Waals surface area contributed by atoms with Gasteiger partial charge in [-0.25, -0.2) is 0 Å². The number of rotatable bonds is 8. The van der Waals surface area contributed by atoms with Crippen molar-refractivity contribution in [2.24, 2.45) is 0 Å². The second kappa shape index (κ2) is 7.17. The van der Waals surface area contributed by atoms with Crippen molar-refractivity contribution >= 4 is 0 Å². The fraction of sp³-hybridized carbons (Fsp3) is 1.00. The Balaban J connectivity index is 3.80. The van der Waals surface area contributed by atoms with Crippen LogP contribution in [0.4, 0.5) is 0 Å². The van der Waals surface area contributed by atoms with E-state index in [0.29, 0.717) is 26.0 Å². The molecule has 0 saturated carbocycles. The molecule has 0 rings (SSSR count). The van der Waals surface area contributed by atoms with Gasteiger partial charge in [0.25, 0.3) is 0 Å². The Hall–Kier alpha value is -0.160. The number of aliphatic hydroxyl groups excluding tert-OH is 1. The van der Waals surface area contributed by atoms with Crippen molar-refractivity contribution in [2.75, 3.05) is 26.9 Å². The summed E-state index contributed by atoms with van der Waals surface area (Å²) in [6.07, 6.45) is 1.35. The average molecular weight is 205 g/mol. The van der Waals surface area contributed by atoms with E-state index in [2.05, 4.69) is 5.32 Å². The van der Waals surface area contributed by atoms with Gasteiger partial charge >= 0.3 is 0 Å². The maximum Gasteiger partial charge on any atom is 0.0741 e. The van der Waals surface area contributed by atoms with Crippen LogP contribution in [0.25, 0.3) is 0 Å². The third-order valence-electron chi connectivity index (χ3n) is 2.38. The van der Waals surface area contributed by atoms with Crippen molar-refractivity contribution in [2.45, 2.75) is 38.3 Å². The van der Waals surface area contributed by atoms with E-state index in [1.807, 2.05) is 6.92 Å². The molecule has 0 aliphatic carbocycles. The lowest BCUT2D eigenvalue weighted by atomic mass is 10.0. The third kappa shape index (κ3) is 6.32. The van der Waals surface area contributed by atoms with Crippen LogP contribution < -0.4 is 5.32 Å². The van der Waals surface area contributed by atoms with E-state index >= 15 is 0 Å². The van der Waals surface area contributed by atoms with E-state index in [1.165, 1.54) is 0 Å². The molecule has 0 heterocycles. The lowest BCUT2D eigenvalue weighted by molar-refractivity contribution is 0.0461. The molecule has 86 valence electrons. The normalized spacial score (nSPS) is 17.8. The highest BCUT2D eigenvalue weighted by atomic mass is 16.5. The second-order valence-corrected chi connectivity index (χ2v) is 3.90. The van der Waals surface area contributed by atoms with Crippen LogP contribution in [-0.2, 0) is 4.74 Å². The van der Waals surface area contributed by atoms with Gasteiger partial charge in [0.05, 0.1) is 12.2 Å². The van der Waals surface area contributed by atoms with Gasteiger partial charge in [0.15, 0.2) is 0 Å². The van der Waals surface area contributed by atoms with Crippen LogP contribution in [0.3, 0.4) is 0 Å². The molecule has 2 atom stereocenters. The first-order valence-corrected chi connectivity index (χ1v) is 5.11. The van der Waals surface area contributed by atoms with Crippen LogP contribution in [0.5, 0.6) is 0 Å². The van der Waals surface area contributed by atoms with Gasteiger partial charge in [-0.15, -0.1) is 0 Å². The summed E-state index contributed by atoms with van der Waals surface area (Å²) < 4.78 is 5.00. The van der Waals surface area contributed by atoms with Gasteiger partial charge in [-0.05, 0) is 19.8 Å². The Kier molecular flexibility index (Phi) is 7.09. The molecule has 14 heavy (non-hydrogen) atoms. The summed E-state index contributed by atoms with van der Waals surface area (Å²) >= 11 is 0. The van der Waals surface area contributed by atoms with Crippen molar-refractivity contribution in [3.63, 3.8) is 0 Å². The van der Waals surface area contributed by atoms with Gasteiger partial charge in [0.2, 0.25) is 0 Å². The quantitative estimate of drug-likeness (QED) is 0.527. The van der Waals surface area contributed by atoms with Crippen LogP contribution in [0.1, 0.15) is 26.7 Å². The highest BCUT2D eigenvalue weighted by Crippen LogP contribution is 2.07. The molecule has 4 nitrogen and oxygen atoms in total. The number of aliphatic hydroxyl groups is 2. The smallest absolute Gasteiger partial charge is 0.0741 e. The number of ether oxygens (including phenoxy) is 1. The number of hydrogen-bond donors (Lipinski definition) is 3. The van der Waals surface area contributed by atoms with E-state index < -0.39 is 5.60 Å². The SMILES string of the molecule is CCC(C)(O)CNC(CCO)COC. The molecule has 0 saturated heterocycles. The first kappa shape index (κ1) is 13.8. The van der Waals surface area contributed by atoms with Crippen LogP contribution in [0.2, 0.25) is 0 Å². The van der Waals surface area contributed by atoms with Crippen LogP contribution in [-0.4, -0.2) is 48.7 Å². The van der Waals surface area contributed by atoms with Crippen molar-refractivity contribution in [3.05, 3.63) is 0 Å². The maximum absolute atomic E-state index is 9.74. The highest BCUT2D eigenvalue weighted by molar-refractivity contribution is 4.76. The predicted molar refractivity (Wildman–Crippen MR) is 56.3 cm³/mol. The fourth-order valence-electron chi connectivity index (χ4n) is 1.09. The van der Waals surface area contributed by atoms with Crippen molar-refractivity contribution in [3.8, 4) is 0 Å². The zero-order valence-corrected chi connectivity index (χ0v) is 9.42. The molecule has 0 bridgehead atoms. The van der Waals surface area contributed by atoms with E-state index in [1.54, 1.807) is 14.0 Å².